The van der Waals surface area contributed by atoms with Crippen LogP contribution in [0.4, 0.5) is 25.8 Å². The predicted molar refractivity (Wildman–Crippen MR) is 67.5 cm³/mol. The average Bonchev–Trinajstić information content (AvgIpc) is 2.42. The molecule has 0 radical (unpaired) electrons. The lowest BCUT2D eigenvalue weighted by Crippen LogP contribution is -1.99. The minimum atomic E-state index is -0.804. The molecule has 0 saturated carbocycles. The SMILES string of the molecule is N#Cc1cc(Nc2c(F)cccc2F)ccc1[N+](=O)[O-]. The first-order valence-corrected chi connectivity index (χ1v) is 5.42. The first-order valence-electron chi connectivity index (χ1n) is 5.42. The maximum atomic E-state index is 13.5. The van der Waals surface area contributed by atoms with Crippen molar-refractivity contribution in [3.63, 3.8) is 0 Å². The highest BCUT2D eigenvalue weighted by Gasteiger charge is 2.15. The van der Waals surface area contributed by atoms with Crippen molar-refractivity contribution in [3.8, 4) is 6.07 Å². The van der Waals surface area contributed by atoms with E-state index in [0.717, 1.165) is 24.3 Å². The number of rotatable bonds is 3. The molecule has 0 amide bonds. The van der Waals surface area contributed by atoms with Crippen LogP contribution in [0.3, 0.4) is 0 Å². The number of anilines is 2. The highest BCUT2D eigenvalue weighted by Crippen LogP contribution is 2.27. The Balaban J connectivity index is 2.41. The third-order valence-electron chi connectivity index (χ3n) is 2.55. The zero-order valence-corrected chi connectivity index (χ0v) is 9.93. The summed E-state index contributed by atoms with van der Waals surface area (Å²) >= 11 is 0. The molecule has 7 heteroatoms. The Bertz CT molecular complexity index is 706. The number of nitriles is 1. The molecular weight excluding hydrogens is 268 g/mol. The minimum Gasteiger partial charge on any atom is -0.351 e. The van der Waals surface area contributed by atoms with Crippen molar-refractivity contribution < 1.29 is 13.7 Å². The molecule has 0 fully saturated rings. The number of hydrogen-bond donors (Lipinski definition) is 1. The summed E-state index contributed by atoms with van der Waals surface area (Å²) in [6, 6.07) is 8.54. The van der Waals surface area contributed by atoms with E-state index in [0.29, 0.717) is 0 Å². The van der Waals surface area contributed by atoms with Gasteiger partial charge in [0.1, 0.15) is 29.0 Å². The normalized spacial score (nSPS) is 9.85. The zero-order chi connectivity index (χ0) is 14.7. The number of nitro benzene ring substituents is 1. The van der Waals surface area contributed by atoms with Crippen LogP contribution in [-0.4, -0.2) is 4.92 Å². The Kier molecular flexibility index (Phi) is 3.57. The van der Waals surface area contributed by atoms with E-state index in [1.54, 1.807) is 6.07 Å². The number of hydrogen-bond acceptors (Lipinski definition) is 4. The van der Waals surface area contributed by atoms with Gasteiger partial charge >= 0.3 is 0 Å². The van der Waals surface area contributed by atoms with Crippen LogP contribution in [0.1, 0.15) is 5.56 Å². The molecule has 2 aromatic rings. The Labute approximate surface area is 112 Å². The molecule has 0 bridgehead atoms. The van der Waals surface area contributed by atoms with E-state index in [9.17, 15) is 18.9 Å². The Morgan fingerprint density at radius 2 is 1.85 bits per heavy atom. The van der Waals surface area contributed by atoms with Crippen LogP contribution < -0.4 is 5.32 Å². The molecule has 0 aliphatic carbocycles. The topological polar surface area (TPSA) is 79.0 Å². The fraction of sp³-hybridized carbons (Fsp3) is 0. The lowest BCUT2D eigenvalue weighted by molar-refractivity contribution is -0.385. The molecular formula is C13H7F2N3O2. The van der Waals surface area contributed by atoms with Crippen LogP contribution in [0, 0.1) is 33.1 Å². The van der Waals surface area contributed by atoms with E-state index in [1.165, 1.54) is 12.1 Å². The smallest absolute Gasteiger partial charge is 0.287 e. The van der Waals surface area contributed by atoms with Gasteiger partial charge in [0.2, 0.25) is 0 Å². The monoisotopic (exact) mass is 275 g/mol. The summed E-state index contributed by atoms with van der Waals surface area (Å²) in [5.74, 6) is -1.61. The second-order valence-electron chi connectivity index (χ2n) is 3.82. The fourth-order valence-electron chi connectivity index (χ4n) is 1.62. The van der Waals surface area contributed by atoms with Crippen molar-refractivity contribution in [2.24, 2.45) is 0 Å². The first-order chi connectivity index (χ1) is 9.52. The number of nitrogens with one attached hydrogen (secondary N) is 1. The Morgan fingerprint density at radius 1 is 1.20 bits per heavy atom. The maximum Gasteiger partial charge on any atom is 0.287 e. The van der Waals surface area contributed by atoms with Gasteiger partial charge < -0.3 is 5.32 Å². The number of para-hydroxylation sites is 1. The maximum absolute atomic E-state index is 13.5. The third kappa shape index (κ3) is 2.54. The molecule has 0 heterocycles. The van der Waals surface area contributed by atoms with Gasteiger partial charge in [0.15, 0.2) is 0 Å². The molecule has 0 spiro atoms. The summed E-state index contributed by atoms with van der Waals surface area (Å²) < 4.78 is 26.9. The molecule has 0 aromatic heterocycles. The minimum absolute atomic E-state index is 0.177. The van der Waals surface area contributed by atoms with Gasteiger partial charge in [-0.2, -0.15) is 5.26 Å². The van der Waals surface area contributed by atoms with Crippen LogP contribution in [0.25, 0.3) is 0 Å². The van der Waals surface area contributed by atoms with Crippen LogP contribution >= 0.6 is 0 Å². The second kappa shape index (κ2) is 5.32. The lowest BCUT2D eigenvalue weighted by Gasteiger charge is -2.08. The van der Waals surface area contributed by atoms with Crippen molar-refractivity contribution in [2.75, 3.05) is 5.32 Å². The molecule has 2 aromatic carbocycles. The third-order valence-corrected chi connectivity index (χ3v) is 2.55. The van der Waals surface area contributed by atoms with Crippen molar-refractivity contribution in [2.45, 2.75) is 0 Å². The van der Waals surface area contributed by atoms with Gasteiger partial charge in [-0.15, -0.1) is 0 Å². The van der Waals surface area contributed by atoms with Crippen molar-refractivity contribution in [1.82, 2.24) is 0 Å². The van der Waals surface area contributed by atoms with E-state index >= 15 is 0 Å². The van der Waals surface area contributed by atoms with Crippen LogP contribution in [0.5, 0.6) is 0 Å². The van der Waals surface area contributed by atoms with E-state index in [1.807, 2.05) is 0 Å². The second-order valence-corrected chi connectivity index (χ2v) is 3.82. The van der Waals surface area contributed by atoms with Gasteiger partial charge in [0.25, 0.3) is 5.69 Å². The Morgan fingerprint density at radius 3 is 2.40 bits per heavy atom. The molecule has 0 aliphatic heterocycles. The number of nitro groups is 1. The van der Waals surface area contributed by atoms with E-state index in [2.05, 4.69) is 5.32 Å². The summed E-state index contributed by atoms with van der Waals surface area (Å²) in [6.07, 6.45) is 0. The molecule has 2 rings (SSSR count). The predicted octanol–water partition coefficient (Wildman–Crippen LogP) is 3.49. The lowest BCUT2D eigenvalue weighted by atomic mass is 10.1. The van der Waals surface area contributed by atoms with Gasteiger partial charge in [-0.05, 0) is 24.3 Å². The van der Waals surface area contributed by atoms with E-state index in [-0.39, 0.29) is 22.6 Å². The molecule has 20 heavy (non-hydrogen) atoms. The van der Waals surface area contributed by atoms with Gasteiger partial charge in [0, 0.05) is 11.8 Å². The fourth-order valence-corrected chi connectivity index (χ4v) is 1.62. The summed E-state index contributed by atoms with van der Waals surface area (Å²) in [5.41, 5.74) is -0.773. The molecule has 0 saturated heterocycles. The summed E-state index contributed by atoms with van der Waals surface area (Å²) in [5, 5.41) is 22.0. The van der Waals surface area contributed by atoms with Gasteiger partial charge in [-0.1, -0.05) is 6.07 Å². The number of nitrogens with zero attached hydrogens (tertiary/aromatic N) is 2. The first kappa shape index (κ1) is 13.4. The molecule has 0 unspecified atom stereocenters. The van der Waals surface area contributed by atoms with Gasteiger partial charge in [0.05, 0.1) is 4.92 Å². The largest absolute Gasteiger partial charge is 0.351 e. The average molecular weight is 275 g/mol. The van der Waals surface area contributed by atoms with Crippen LogP contribution in [0.15, 0.2) is 36.4 Å². The highest BCUT2D eigenvalue weighted by molar-refractivity contribution is 5.65. The standard InChI is InChI=1S/C13H7F2N3O2/c14-10-2-1-3-11(15)13(10)17-9-4-5-12(18(19)20)8(6-9)7-16/h1-6,17H. The quantitative estimate of drug-likeness (QED) is 0.687. The molecule has 0 atom stereocenters. The molecule has 5 nitrogen and oxygen atoms in total. The van der Waals surface area contributed by atoms with E-state index < -0.39 is 16.6 Å². The number of halogens is 2. The summed E-state index contributed by atoms with van der Waals surface area (Å²) in [6.45, 7) is 0. The van der Waals surface area contributed by atoms with Gasteiger partial charge in [-0.25, -0.2) is 8.78 Å². The Hall–Kier alpha value is -3.01. The zero-order valence-electron chi connectivity index (χ0n) is 9.93. The van der Waals surface area contributed by atoms with Gasteiger partial charge in [-0.3, -0.25) is 10.1 Å². The molecule has 0 aliphatic rings. The van der Waals surface area contributed by atoms with Crippen LogP contribution in [0.2, 0.25) is 0 Å². The summed E-state index contributed by atoms with van der Waals surface area (Å²) in [4.78, 5) is 9.97. The van der Waals surface area contributed by atoms with Crippen molar-refractivity contribution >= 4 is 17.1 Å². The van der Waals surface area contributed by atoms with Crippen LogP contribution in [-0.2, 0) is 0 Å². The molecule has 100 valence electrons. The molecule has 1 N–H and O–H groups in total. The van der Waals surface area contributed by atoms with Crippen molar-refractivity contribution in [1.29, 1.82) is 5.26 Å². The van der Waals surface area contributed by atoms with Crippen molar-refractivity contribution in [3.05, 3.63) is 63.7 Å². The number of benzene rings is 2. The van der Waals surface area contributed by atoms with E-state index in [4.69, 9.17) is 5.26 Å². The summed E-state index contributed by atoms with van der Waals surface area (Å²) in [7, 11) is 0. The highest BCUT2D eigenvalue weighted by atomic mass is 19.1.